The lowest BCUT2D eigenvalue weighted by Gasteiger charge is -1.99. The summed E-state index contributed by atoms with van der Waals surface area (Å²) in [5.41, 5.74) is 2.03. The zero-order chi connectivity index (χ0) is 17.1. The highest BCUT2D eigenvalue weighted by molar-refractivity contribution is 7.11. The van der Waals surface area contributed by atoms with Crippen molar-refractivity contribution in [2.24, 2.45) is 0 Å². The molecule has 1 heterocycles. The molecule has 0 unspecified atom stereocenters. The predicted octanol–water partition coefficient (Wildman–Crippen LogP) is 6.32. The van der Waals surface area contributed by atoms with Crippen LogP contribution in [0.3, 0.4) is 0 Å². The molecular formula is C18H9Cl2FN2S. The fourth-order valence-corrected chi connectivity index (χ4v) is 3.19. The number of hydrogen-bond acceptors (Lipinski definition) is 3. The van der Waals surface area contributed by atoms with Crippen molar-refractivity contribution >= 4 is 46.2 Å². The van der Waals surface area contributed by atoms with Crippen molar-refractivity contribution in [2.45, 2.75) is 0 Å². The first-order valence-electron chi connectivity index (χ1n) is 6.86. The maximum absolute atomic E-state index is 13.9. The number of hydrogen-bond donors (Lipinski definition) is 0. The van der Waals surface area contributed by atoms with Gasteiger partial charge in [0.1, 0.15) is 16.9 Å². The average Bonchev–Trinajstić information content (AvgIpc) is 3.06. The summed E-state index contributed by atoms with van der Waals surface area (Å²) in [5.74, 6) is -0.346. The van der Waals surface area contributed by atoms with Gasteiger partial charge in [0.25, 0.3) is 0 Å². The molecule has 0 aliphatic heterocycles. The van der Waals surface area contributed by atoms with Gasteiger partial charge in [0, 0.05) is 10.9 Å². The van der Waals surface area contributed by atoms with Gasteiger partial charge >= 0.3 is 0 Å². The summed E-state index contributed by atoms with van der Waals surface area (Å²) in [6, 6.07) is 13.6. The van der Waals surface area contributed by atoms with E-state index in [9.17, 15) is 9.65 Å². The maximum atomic E-state index is 13.9. The van der Waals surface area contributed by atoms with E-state index in [-0.39, 0.29) is 5.82 Å². The van der Waals surface area contributed by atoms with Gasteiger partial charge in [-0.3, -0.25) is 0 Å². The molecule has 0 bridgehead atoms. The number of aromatic nitrogens is 1. The summed E-state index contributed by atoms with van der Waals surface area (Å²) < 4.78 is 13.9. The van der Waals surface area contributed by atoms with Crippen LogP contribution in [-0.4, -0.2) is 4.98 Å². The zero-order valence-corrected chi connectivity index (χ0v) is 14.5. The van der Waals surface area contributed by atoms with Crippen molar-refractivity contribution in [2.75, 3.05) is 0 Å². The molecule has 24 heavy (non-hydrogen) atoms. The summed E-state index contributed by atoms with van der Waals surface area (Å²) in [6.45, 7) is 0. The summed E-state index contributed by atoms with van der Waals surface area (Å²) in [5, 5.41) is 12.5. The molecule has 2 aromatic carbocycles. The maximum Gasteiger partial charge on any atom is 0.134 e. The molecular weight excluding hydrogens is 366 g/mol. The van der Waals surface area contributed by atoms with Gasteiger partial charge in [-0.1, -0.05) is 41.4 Å². The first kappa shape index (κ1) is 16.7. The monoisotopic (exact) mass is 374 g/mol. The highest BCUT2D eigenvalue weighted by Crippen LogP contribution is 2.29. The lowest BCUT2D eigenvalue weighted by molar-refractivity contribution is 0.631. The van der Waals surface area contributed by atoms with Crippen LogP contribution in [-0.2, 0) is 0 Å². The van der Waals surface area contributed by atoms with E-state index >= 15 is 0 Å². The highest BCUT2D eigenvalue weighted by atomic mass is 35.5. The molecule has 0 saturated carbocycles. The normalized spacial score (nSPS) is 11.3. The minimum atomic E-state index is -0.346. The summed E-state index contributed by atoms with van der Waals surface area (Å²) in [7, 11) is 0. The molecule has 0 atom stereocenters. The van der Waals surface area contributed by atoms with Gasteiger partial charge in [-0.05, 0) is 35.9 Å². The average molecular weight is 375 g/mol. The number of nitriles is 1. The van der Waals surface area contributed by atoms with Gasteiger partial charge < -0.3 is 0 Å². The topological polar surface area (TPSA) is 36.7 Å². The molecule has 0 spiro atoms. The van der Waals surface area contributed by atoms with Crippen molar-refractivity contribution in [3.63, 3.8) is 0 Å². The lowest BCUT2D eigenvalue weighted by atomic mass is 10.1. The Hall–Kier alpha value is -2.19. The molecule has 3 rings (SSSR count). The van der Waals surface area contributed by atoms with Crippen molar-refractivity contribution in [1.29, 1.82) is 5.26 Å². The smallest absolute Gasteiger partial charge is 0.134 e. The Kier molecular flexibility index (Phi) is 4.96. The van der Waals surface area contributed by atoms with Crippen LogP contribution in [0.15, 0.2) is 47.8 Å². The summed E-state index contributed by atoms with van der Waals surface area (Å²) >= 11 is 13.2. The highest BCUT2D eigenvalue weighted by Gasteiger charge is 2.12. The van der Waals surface area contributed by atoms with Crippen molar-refractivity contribution < 1.29 is 4.39 Å². The number of benzene rings is 2. The second-order valence-electron chi connectivity index (χ2n) is 4.86. The fraction of sp³-hybridized carbons (Fsp3) is 0. The molecule has 1 aromatic heterocycles. The van der Waals surface area contributed by atoms with Crippen LogP contribution in [0.2, 0.25) is 10.0 Å². The first-order chi connectivity index (χ1) is 11.6. The molecule has 0 radical (unpaired) electrons. The van der Waals surface area contributed by atoms with Crippen LogP contribution in [0.5, 0.6) is 0 Å². The minimum absolute atomic E-state index is 0.346. The van der Waals surface area contributed by atoms with Gasteiger partial charge in [0.2, 0.25) is 0 Å². The molecule has 2 nitrogen and oxygen atoms in total. The van der Waals surface area contributed by atoms with E-state index < -0.39 is 0 Å². The standard InChI is InChI=1S/C18H9Cl2FN2S/c19-14-6-5-11(8-15(14)20)7-12(9-22)18-23-17(10-24-18)13-3-1-2-4-16(13)21/h1-8,10H. The second-order valence-corrected chi connectivity index (χ2v) is 6.53. The first-order valence-corrected chi connectivity index (χ1v) is 8.49. The molecule has 0 saturated heterocycles. The second kappa shape index (κ2) is 7.14. The summed E-state index contributed by atoms with van der Waals surface area (Å²) in [4.78, 5) is 4.38. The molecule has 0 aliphatic rings. The molecule has 0 aliphatic carbocycles. The SMILES string of the molecule is N#CC(=Cc1ccc(Cl)c(Cl)c1)c1nc(-c2ccccc2F)cs1. The quantitative estimate of drug-likeness (QED) is 0.502. The van der Waals surface area contributed by atoms with Gasteiger partial charge in [0.05, 0.1) is 21.3 Å². The Bertz CT molecular complexity index is 973. The van der Waals surface area contributed by atoms with E-state index in [4.69, 9.17) is 23.2 Å². The van der Waals surface area contributed by atoms with Crippen molar-refractivity contribution in [3.8, 4) is 17.3 Å². The Morgan fingerprint density at radius 3 is 2.67 bits per heavy atom. The van der Waals surface area contributed by atoms with Gasteiger partial charge in [0.15, 0.2) is 0 Å². The van der Waals surface area contributed by atoms with Crippen LogP contribution in [0.25, 0.3) is 22.9 Å². The van der Waals surface area contributed by atoms with Gasteiger partial charge in [-0.25, -0.2) is 9.37 Å². The Balaban J connectivity index is 1.98. The number of allylic oxidation sites excluding steroid dienone is 1. The zero-order valence-electron chi connectivity index (χ0n) is 12.1. The van der Waals surface area contributed by atoms with E-state index in [2.05, 4.69) is 11.1 Å². The minimum Gasteiger partial charge on any atom is -0.235 e. The van der Waals surface area contributed by atoms with Crippen LogP contribution in [0.4, 0.5) is 4.39 Å². The number of nitrogens with zero attached hydrogens (tertiary/aromatic N) is 2. The molecule has 0 N–H and O–H groups in total. The van der Waals surface area contributed by atoms with Crippen molar-refractivity contribution in [1.82, 2.24) is 4.98 Å². The molecule has 3 aromatic rings. The number of thiazole rings is 1. The lowest BCUT2D eigenvalue weighted by Crippen LogP contribution is -1.86. The van der Waals surface area contributed by atoms with Crippen LogP contribution in [0.1, 0.15) is 10.6 Å². The van der Waals surface area contributed by atoms with E-state index in [0.717, 1.165) is 5.56 Å². The summed E-state index contributed by atoms with van der Waals surface area (Å²) in [6.07, 6.45) is 1.67. The third-order valence-corrected chi connectivity index (χ3v) is 4.87. The molecule has 0 amide bonds. The van der Waals surface area contributed by atoms with Gasteiger partial charge in [-0.15, -0.1) is 11.3 Å². The molecule has 0 fully saturated rings. The Morgan fingerprint density at radius 1 is 1.17 bits per heavy atom. The number of halogens is 3. The Morgan fingerprint density at radius 2 is 1.96 bits per heavy atom. The Labute approximate surface area is 152 Å². The van der Waals surface area contributed by atoms with E-state index in [1.807, 2.05) is 0 Å². The third-order valence-electron chi connectivity index (χ3n) is 3.26. The molecule has 6 heteroatoms. The van der Waals surface area contributed by atoms with Crippen LogP contribution < -0.4 is 0 Å². The molecule has 118 valence electrons. The van der Waals surface area contributed by atoms with Crippen LogP contribution >= 0.6 is 34.5 Å². The van der Waals surface area contributed by atoms with Gasteiger partial charge in [-0.2, -0.15) is 5.26 Å². The van der Waals surface area contributed by atoms with E-state index in [0.29, 0.717) is 31.9 Å². The van der Waals surface area contributed by atoms with Crippen LogP contribution in [0, 0.1) is 17.1 Å². The fourth-order valence-electron chi connectivity index (χ4n) is 2.10. The van der Waals surface area contributed by atoms with Crippen molar-refractivity contribution in [3.05, 3.63) is 74.3 Å². The predicted molar refractivity (Wildman–Crippen MR) is 97.5 cm³/mol. The largest absolute Gasteiger partial charge is 0.235 e. The van der Waals surface area contributed by atoms with E-state index in [1.54, 1.807) is 47.9 Å². The van der Waals surface area contributed by atoms with E-state index in [1.165, 1.54) is 17.4 Å². The number of rotatable bonds is 3. The third kappa shape index (κ3) is 3.49.